The quantitative estimate of drug-likeness (QED) is 0.374. The lowest BCUT2D eigenvalue weighted by Gasteiger charge is -2.09. The zero-order chi connectivity index (χ0) is 15.1. The summed E-state index contributed by atoms with van der Waals surface area (Å²) in [6.07, 6.45) is 6.82. The fourth-order valence-electron chi connectivity index (χ4n) is 1.35. The topological polar surface area (TPSA) is 46.5 Å². The number of carboxylic acid groups (broad SMARTS) is 1. The Kier molecular flexibility index (Phi) is 16.3. The molecule has 0 aliphatic heterocycles. The molecule has 19 heavy (non-hydrogen) atoms. The number of hydrogen-bond donors (Lipinski definition) is 1. The van der Waals surface area contributed by atoms with Crippen LogP contribution in [0.5, 0.6) is 0 Å². The van der Waals surface area contributed by atoms with Gasteiger partial charge in [-0.3, -0.25) is 4.79 Å². The number of methoxy groups -OCH3 is 1. The zero-order valence-electron chi connectivity index (χ0n) is 12.9. The Morgan fingerprint density at radius 3 is 2.37 bits per heavy atom. The third-order valence-corrected chi connectivity index (χ3v) is 3.37. The second-order valence-corrected chi connectivity index (χ2v) is 4.68. The third-order valence-electron chi connectivity index (χ3n) is 2.20. The molecule has 0 aromatic heterocycles. The molecule has 4 heteroatoms. The van der Waals surface area contributed by atoms with Crippen molar-refractivity contribution in [3.05, 3.63) is 22.8 Å². The van der Waals surface area contributed by atoms with Crippen LogP contribution in [-0.2, 0) is 9.53 Å². The number of allylic oxidation sites excluding steroid dienone is 3. The van der Waals surface area contributed by atoms with E-state index in [0.29, 0.717) is 0 Å². The first-order valence-electron chi connectivity index (χ1n) is 6.90. The largest absolute Gasteiger partial charge is 0.500 e. The van der Waals surface area contributed by atoms with Gasteiger partial charge in [-0.05, 0) is 31.6 Å². The van der Waals surface area contributed by atoms with Gasteiger partial charge in [0.1, 0.15) is 5.76 Å². The van der Waals surface area contributed by atoms with Crippen LogP contribution in [0.1, 0.15) is 53.4 Å². The Morgan fingerprint density at radius 2 is 1.95 bits per heavy atom. The molecular weight excluding hydrogens is 260 g/mol. The van der Waals surface area contributed by atoms with Crippen molar-refractivity contribution in [3.8, 4) is 0 Å². The summed E-state index contributed by atoms with van der Waals surface area (Å²) in [4.78, 5) is 11.5. The molecule has 0 atom stereocenters. The molecule has 0 aromatic carbocycles. The van der Waals surface area contributed by atoms with Crippen molar-refractivity contribution in [1.29, 1.82) is 0 Å². The zero-order valence-corrected chi connectivity index (χ0v) is 13.7. The summed E-state index contributed by atoms with van der Waals surface area (Å²) in [5, 5.41) is 8.52. The van der Waals surface area contributed by atoms with Gasteiger partial charge >= 0.3 is 5.97 Å². The summed E-state index contributed by atoms with van der Waals surface area (Å²) in [5.74, 6) is 1.21. The standard InChI is InChI=1S/C13H22O3S.C2H6/c1-4-8-12(11(5-2)16-3)17-10-7-6-9-13(14)15;1-2/h4,8H,5-7,9-10H2,1-3H3,(H,14,15);1-2H3/b8-4-,12-11-;. The van der Waals surface area contributed by atoms with Gasteiger partial charge in [0.25, 0.3) is 0 Å². The van der Waals surface area contributed by atoms with E-state index in [4.69, 9.17) is 9.84 Å². The Hall–Kier alpha value is -0.900. The molecule has 0 amide bonds. The highest BCUT2D eigenvalue weighted by atomic mass is 32.2. The maximum atomic E-state index is 10.4. The van der Waals surface area contributed by atoms with Crippen LogP contribution in [-0.4, -0.2) is 23.9 Å². The lowest BCUT2D eigenvalue weighted by molar-refractivity contribution is -0.137. The first-order chi connectivity index (χ1) is 9.15. The molecule has 3 nitrogen and oxygen atoms in total. The number of hydrogen-bond acceptors (Lipinski definition) is 3. The average Bonchev–Trinajstić information content (AvgIpc) is 2.41. The van der Waals surface area contributed by atoms with E-state index in [1.54, 1.807) is 18.9 Å². The number of aliphatic carboxylic acids is 1. The number of carboxylic acids is 1. The van der Waals surface area contributed by atoms with Crippen LogP contribution in [0.3, 0.4) is 0 Å². The van der Waals surface area contributed by atoms with Gasteiger partial charge in [-0.2, -0.15) is 0 Å². The summed E-state index contributed by atoms with van der Waals surface area (Å²) >= 11 is 1.73. The smallest absolute Gasteiger partial charge is 0.303 e. The highest BCUT2D eigenvalue weighted by Gasteiger charge is 2.04. The fraction of sp³-hybridized carbons (Fsp3) is 0.667. The number of unbranched alkanes of at least 4 members (excludes halogenated alkanes) is 1. The van der Waals surface area contributed by atoms with Gasteiger partial charge in [0.2, 0.25) is 0 Å². The summed E-state index contributed by atoms with van der Waals surface area (Å²) in [6, 6.07) is 0. The molecule has 112 valence electrons. The van der Waals surface area contributed by atoms with Crippen molar-refractivity contribution in [2.24, 2.45) is 0 Å². The molecule has 0 bridgehead atoms. The maximum Gasteiger partial charge on any atom is 0.303 e. The predicted octanol–water partition coefficient (Wildman–Crippen LogP) is 4.84. The van der Waals surface area contributed by atoms with Crippen LogP contribution in [0.15, 0.2) is 22.8 Å². The van der Waals surface area contributed by atoms with Crippen molar-refractivity contribution in [3.63, 3.8) is 0 Å². The van der Waals surface area contributed by atoms with Crippen LogP contribution in [0.4, 0.5) is 0 Å². The van der Waals surface area contributed by atoms with Gasteiger partial charge in [-0.25, -0.2) is 0 Å². The number of carbonyl (C=O) groups is 1. The van der Waals surface area contributed by atoms with Gasteiger partial charge in [0.15, 0.2) is 0 Å². The van der Waals surface area contributed by atoms with Gasteiger partial charge in [-0.15, -0.1) is 11.8 Å². The molecule has 0 saturated carbocycles. The monoisotopic (exact) mass is 288 g/mol. The maximum absolute atomic E-state index is 10.4. The Labute approximate surface area is 122 Å². The minimum atomic E-state index is -0.717. The lowest BCUT2D eigenvalue weighted by Crippen LogP contribution is -1.95. The molecule has 0 saturated heterocycles. The first-order valence-corrected chi connectivity index (χ1v) is 7.88. The van der Waals surface area contributed by atoms with E-state index in [1.165, 1.54) is 0 Å². The predicted molar refractivity (Wildman–Crippen MR) is 84.4 cm³/mol. The van der Waals surface area contributed by atoms with Crippen LogP contribution >= 0.6 is 11.8 Å². The van der Waals surface area contributed by atoms with Crippen LogP contribution in [0.25, 0.3) is 0 Å². The van der Waals surface area contributed by atoms with E-state index in [-0.39, 0.29) is 6.42 Å². The van der Waals surface area contributed by atoms with Crippen molar-refractivity contribution in [1.82, 2.24) is 0 Å². The van der Waals surface area contributed by atoms with Crippen molar-refractivity contribution < 1.29 is 14.6 Å². The molecule has 0 aliphatic carbocycles. The Balaban J connectivity index is 0. The molecule has 0 unspecified atom stereocenters. The minimum absolute atomic E-state index is 0.258. The van der Waals surface area contributed by atoms with Gasteiger partial charge in [-0.1, -0.05) is 26.8 Å². The minimum Gasteiger partial charge on any atom is -0.500 e. The average molecular weight is 288 g/mol. The van der Waals surface area contributed by atoms with E-state index >= 15 is 0 Å². The summed E-state index contributed by atoms with van der Waals surface area (Å²) in [6.45, 7) is 8.04. The molecule has 0 fully saturated rings. The van der Waals surface area contributed by atoms with Crippen molar-refractivity contribution in [2.45, 2.75) is 53.4 Å². The SMILES string of the molecule is C/C=C\C(SCCCCC(=O)O)=C(/CC)OC.CC. The van der Waals surface area contributed by atoms with Crippen LogP contribution in [0.2, 0.25) is 0 Å². The molecule has 0 aliphatic rings. The van der Waals surface area contributed by atoms with E-state index in [0.717, 1.165) is 35.7 Å². The summed E-state index contributed by atoms with van der Waals surface area (Å²) < 4.78 is 5.32. The van der Waals surface area contributed by atoms with Gasteiger partial charge in [0, 0.05) is 17.7 Å². The van der Waals surface area contributed by atoms with E-state index in [9.17, 15) is 4.79 Å². The van der Waals surface area contributed by atoms with E-state index in [2.05, 4.69) is 6.92 Å². The Morgan fingerprint density at radius 1 is 1.32 bits per heavy atom. The lowest BCUT2D eigenvalue weighted by atomic mass is 10.2. The summed E-state index contributed by atoms with van der Waals surface area (Å²) in [5.41, 5.74) is 0. The van der Waals surface area contributed by atoms with Crippen LogP contribution in [0, 0.1) is 0 Å². The normalized spacial score (nSPS) is 11.6. The second-order valence-electron chi connectivity index (χ2n) is 3.54. The molecule has 0 spiro atoms. The molecule has 0 heterocycles. The van der Waals surface area contributed by atoms with Crippen LogP contribution < -0.4 is 0 Å². The molecule has 0 radical (unpaired) electrons. The van der Waals surface area contributed by atoms with E-state index in [1.807, 2.05) is 32.9 Å². The second kappa shape index (κ2) is 15.2. The third kappa shape index (κ3) is 11.9. The highest BCUT2D eigenvalue weighted by Crippen LogP contribution is 2.25. The number of rotatable bonds is 9. The highest BCUT2D eigenvalue weighted by molar-refractivity contribution is 8.03. The Bertz CT molecular complexity index is 277. The molecule has 0 rings (SSSR count). The fourth-order valence-corrected chi connectivity index (χ4v) is 2.54. The van der Waals surface area contributed by atoms with Gasteiger partial charge < -0.3 is 9.84 Å². The van der Waals surface area contributed by atoms with Crippen molar-refractivity contribution in [2.75, 3.05) is 12.9 Å². The number of ether oxygens (including phenoxy) is 1. The molecular formula is C15H28O3S. The summed E-state index contributed by atoms with van der Waals surface area (Å²) in [7, 11) is 1.69. The van der Waals surface area contributed by atoms with Gasteiger partial charge in [0.05, 0.1) is 7.11 Å². The van der Waals surface area contributed by atoms with Crippen molar-refractivity contribution >= 4 is 17.7 Å². The number of thioether (sulfide) groups is 1. The van der Waals surface area contributed by atoms with E-state index < -0.39 is 5.97 Å². The first kappa shape index (κ1) is 20.4. The molecule has 1 N–H and O–H groups in total. The molecule has 0 aromatic rings.